The van der Waals surface area contributed by atoms with Crippen LogP contribution in [0.2, 0.25) is 0 Å². The Kier molecular flexibility index (Phi) is 6.48. The maximum Gasteiger partial charge on any atom is 0.261 e. The number of ether oxygens (including phenoxy) is 1. The van der Waals surface area contributed by atoms with Gasteiger partial charge in [-0.25, -0.2) is 12.8 Å². The van der Waals surface area contributed by atoms with Crippen LogP contribution in [0.25, 0.3) is 0 Å². The molecular formula is C19H22FN3O5S. The van der Waals surface area contributed by atoms with Crippen molar-refractivity contribution in [1.82, 2.24) is 4.90 Å². The molecule has 10 heteroatoms. The summed E-state index contributed by atoms with van der Waals surface area (Å²) >= 11 is 0. The quantitative estimate of drug-likeness (QED) is 0.607. The summed E-state index contributed by atoms with van der Waals surface area (Å²) in [6.45, 7) is 0.130. The van der Waals surface area contributed by atoms with Crippen LogP contribution in [0.5, 0.6) is 0 Å². The van der Waals surface area contributed by atoms with Crippen molar-refractivity contribution in [2.75, 3.05) is 31.0 Å². The highest BCUT2D eigenvalue weighted by Crippen LogP contribution is 2.30. The van der Waals surface area contributed by atoms with E-state index in [1.54, 1.807) is 12.1 Å². The van der Waals surface area contributed by atoms with Gasteiger partial charge in [0.2, 0.25) is 5.91 Å². The van der Waals surface area contributed by atoms with Crippen molar-refractivity contribution in [2.24, 2.45) is 5.73 Å². The van der Waals surface area contributed by atoms with E-state index in [4.69, 9.17) is 10.5 Å². The number of rotatable bonds is 7. The SMILES string of the molecule is NCCN1C(=O)COC(c2ccc(NS(=O)(=O)c3cccc(F)c3)cc2)C1CO. The smallest absolute Gasteiger partial charge is 0.261 e. The van der Waals surface area contributed by atoms with Crippen LogP contribution in [-0.4, -0.2) is 56.7 Å². The molecule has 2 aromatic rings. The average molecular weight is 423 g/mol. The van der Waals surface area contributed by atoms with Gasteiger partial charge in [0.05, 0.1) is 17.5 Å². The molecule has 0 aliphatic carbocycles. The molecule has 4 N–H and O–H groups in total. The van der Waals surface area contributed by atoms with Gasteiger partial charge < -0.3 is 20.5 Å². The average Bonchev–Trinajstić information content (AvgIpc) is 2.70. The molecule has 0 bridgehead atoms. The van der Waals surface area contributed by atoms with Crippen molar-refractivity contribution in [3.05, 3.63) is 59.9 Å². The van der Waals surface area contributed by atoms with Gasteiger partial charge in [-0.1, -0.05) is 18.2 Å². The zero-order valence-electron chi connectivity index (χ0n) is 15.5. The summed E-state index contributed by atoms with van der Waals surface area (Å²) in [5.74, 6) is -0.894. The first kappa shape index (κ1) is 21.2. The number of morpholine rings is 1. The highest BCUT2D eigenvalue weighted by molar-refractivity contribution is 7.92. The van der Waals surface area contributed by atoms with Crippen LogP contribution in [0.1, 0.15) is 11.7 Å². The van der Waals surface area contributed by atoms with Gasteiger partial charge in [-0.05, 0) is 35.9 Å². The van der Waals surface area contributed by atoms with Crippen LogP contribution in [0, 0.1) is 5.82 Å². The van der Waals surface area contributed by atoms with E-state index in [0.717, 1.165) is 12.1 Å². The highest BCUT2D eigenvalue weighted by atomic mass is 32.2. The molecule has 1 amide bonds. The van der Waals surface area contributed by atoms with Gasteiger partial charge in [-0.3, -0.25) is 9.52 Å². The molecule has 0 spiro atoms. The molecule has 1 saturated heterocycles. The number of carbonyl (C=O) groups is 1. The molecule has 1 heterocycles. The molecule has 2 unspecified atom stereocenters. The summed E-state index contributed by atoms with van der Waals surface area (Å²) in [4.78, 5) is 13.3. The number of hydrogen-bond donors (Lipinski definition) is 3. The molecule has 1 fully saturated rings. The molecular weight excluding hydrogens is 401 g/mol. The minimum Gasteiger partial charge on any atom is -0.394 e. The third-order valence-electron chi connectivity index (χ3n) is 4.61. The van der Waals surface area contributed by atoms with Gasteiger partial charge in [0.15, 0.2) is 0 Å². The Morgan fingerprint density at radius 1 is 1.24 bits per heavy atom. The van der Waals surface area contributed by atoms with E-state index < -0.39 is 28.0 Å². The van der Waals surface area contributed by atoms with Crippen LogP contribution in [0.15, 0.2) is 53.4 Å². The number of nitrogens with zero attached hydrogens (tertiary/aromatic N) is 1. The Bertz CT molecular complexity index is 968. The monoisotopic (exact) mass is 423 g/mol. The van der Waals surface area contributed by atoms with Gasteiger partial charge in [-0.2, -0.15) is 0 Å². The highest BCUT2D eigenvalue weighted by Gasteiger charge is 2.36. The lowest BCUT2D eigenvalue weighted by Gasteiger charge is -2.40. The first-order valence-corrected chi connectivity index (χ1v) is 10.4. The summed E-state index contributed by atoms with van der Waals surface area (Å²) in [5.41, 5.74) is 6.51. The second kappa shape index (κ2) is 8.87. The molecule has 2 atom stereocenters. The minimum atomic E-state index is -3.94. The number of aliphatic hydroxyl groups excluding tert-OH is 1. The molecule has 3 rings (SSSR count). The number of benzene rings is 2. The Balaban J connectivity index is 1.78. The number of anilines is 1. The van der Waals surface area contributed by atoms with Crippen LogP contribution >= 0.6 is 0 Å². The predicted molar refractivity (Wildman–Crippen MR) is 104 cm³/mol. The molecule has 29 heavy (non-hydrogen) atoms. The maximum atomic E-state index is 13.3. The Morgan fingerprint density at radius 2 is 1.97 bits per heavy atom. The fraction of sp³-hybridized carbons (Fsp3) is 0.316. The van der Waals surface area contributed by atoms with Crippen LogP contribution in [0.3, 0.4) is 0 Å². The fourth-order valence-electron chi connectivity index (χ4n) is 3.23. The third kappa shape index (κ3) is 4.73. The summed E-state index contributed by atoms with van der Waals surface area (Å²) < 4.78 is 46.1. The summed E-state index contributed by atoms with van der Waals surface area (Å²) in [6.07, 6.45) is -0.571. The normalized spacial score (nSPS) is 20.0. The van der Waals surface area contributed by atoms with Crippen molar-refractivity contribution in [3.63, 3.8) is 0 Å². The van der Waals surface area contributed by atoms with E-state index in [-0.39, 0.29) is 36.2 Å². The summed E-state index contributed by atoms with van der Waals surface area (Å²) in [5, 5.41) is 9.76. The molecule has 1 aliphatic heterocycles. The predicted octanol–water partition coefficient (Wildman–Crippen LogP) is 0.846. The van der Waals surface area contributed by atoms with E-state index in [1.807, 2.05) is 0 Å². The van der Waals surface area contributed by atoms with Gasteiger partial charge in [-0.15, -0.1) is 0 Å². The first-order chi connectivity index (χ1) is 13.9. The molecule has 0 saturated carbocycles. The minimum absolute atomic E-state index is 0.130. The van der Waals surface area contributed by atoms with Crippen molar-refractivity contribution < 1.29 is 27.4 Å². The van der Waals surface area contributed by atoms with E-state index >= 15 is 0 Å². The van der Waals surface area contributed by atoms with Gasteiger partial charge in [0.25, 0.3) is 10.0 Å². The number of sulfonamides is 1. The second-order valence-electron chi connectivity index (χ2n) is 6.54. The lowest BCUT2D eigenvalue weighted by molar-refractivity contribution is -0.160. The largest absolute Gasteiger partial charge is 0.394 e. The van der Waals surface area contributed by atoms with Gasteiger partial charge in [0, 0.05) is 18.8 Å². The molecule has 156 valence electrons. The molecule has 1 aliphatic rings. The van der Waals surface area contributed by atoms with Gasteiger partial charge >= 0.3 is 0 Å². The van der Waals surface area contributed by atoms with E-state index in [1.165, 1.54) is 29.2 Å². The fourth-order valence-corrected chi connectivity index (χ4v) is 4.32. The van der Waals surface area contributed by atoms with Crippen molar-refractivity contribution in [2.45, 2.75) is 17.0 Å². The topological polar surface area (TPSA) is 122 Å². The second-order valence-corrected chi connectivity index (χ2v) is 8.22. The van der Waals surface area contributed by atoms with Crippen molar-refractivity contribution in [1.29, 1.82) is 0 Å². The molecule has 2 aromatic carbocycles. The standard InChI is InChI=1S/C19H22FN3O5S/c20-14-2-1-3-16(10-14)29(26,27)22-15-6-4-13(5-7-15)19-17(11-24)23(9-8-21)18(25)12-28-19/h1-7,10,17,19,22,24H,8-9,11-12,21H2. The number of halogens is 1. The Hall–Kier alpha value is -2.53. The van der Waals surface area contributed by atoms with Crippen LogP contribution in [-0.2, 0) is 19.6 Å². The van der Waals surface area contributed by atoms with Crippen molar-refractivity contribution >= 4 is 21.6 Å². The number of aliphatic hydroxyl groups is 1. The number of hydrogen-bond acceptors (Lipinski definition) is 6. The van der Waals surface area contributed by atoms with Crippen LogP contribution in [0.4, 0.5) is 10.1 Å². The lowest BCUT2D eigenvalue weighted by atomic mass is 9.99. The summed E-state index contributed by atoms with van der Waals surface area (Å²) in [6, 6.07) is 10.5. The Morgan fingerprint density at radius 3 is 2.59 bits per heavy atom. The van der Waals surface area contributed by atoms with Crippen LogP contribution < -0.4 is 10.5 Å². The Labute approximate surface area is 168 Å². The lowest BCUT2D eigenvalue weighted by Crippen LogP contribution is -2.54. The molecule has 0 aromatic heterocycles. The van der Waals surface area contributed by atoms with E-state index in [2.05, 4.69) is 4.72 Å². The first-order valence-electron chi connectivity index (χ1n) is 8.96. The zero-order valence-corrected chi connectivity index (χ0v) is 16.3. The van der Waals surface area contributed by atoms with E-state index in [0.29, 0.717) is 12.1 Å². The molecule has 8 nitrogen and oxygen atoms in total. The summed E-state index contributed by atoms with van der Waals surface area (Å²) in [7, 11) is -3.94. The number of nitrogens with one attached hydrogen (secondary N) is 1. The maximum absolute atomic E-state index is 13.3. The number of carbonyl (C=O) groups excluding carboxylic acids is 1. The molecule has 0 radical (unpaired) electrons. The third-order valence-corrected chi connectivity index (χ3v) is 5.99. The number of amides is 1. The number of nitrogens with two attached hydrogens (primary N) is 1. The van der Waals surface area contributed by atoms with Gasteiger partial charge in [0.1, 0.15) is 18.5 Å². The zero-order chi connectivity index (χ0) is 21.0. The van der Waals surface area contributed by atoms with E-state index in [9.17, 15) is 22.7 Å². The van der Waals surface area contributed by atoms with Crippen molar-refractivity contribution in [3.8, 4) is 0 Å².